The fourth-order valence-corrected chi connectivity index (χ4v) is 2.28. The number of para-hydroxylation sites is 1. The second-order valence-electron chi connectivity index (χ2n) is 4.68. The number of halogens is 1. The lowest BCUT2D eigenvalue weighted by Gasteiger charge is -2.24. The van der Waals surface area contributed by atoms with Crippen molar-refractivity contribution in [2.24, 2.45) is 0 Å². The number of nitrogens with two attached hydrogens (primary N) is 1. The molecule has 19 heavy (non-hydrogen) atoms. The van der Waals surface area contributed by atoms with E-state index in [9.17, 15) is 9.18 Å². The molecule has 1 fully saturated rings. The highest BCUT2D eigenvalue weighted by Crippen LogP contribution is 2.19. The molecule has 0 spiro atoms. The number of nitrogens with zero attached hydrogens (tertiary/aromatic N) is 1. The van der Waals surface area contributed by atoms with Crippen molar-refractivity contribution in [3.05, 3.63) is 29.6 Å². The van der Waals surface area contributed by atoms with Gasteiger partial charge >= 0.3 is 0 Å². The zero-order chi connectivity index (χ0) is 13.8. The summed E-state index contributed by atoms with van der Waals surface area (Å²) in [5.74, 6) is -0.797. The predicted molar refractivity (Wildman–Crippen MR) is 71.4 cm³/mol. The number of carbonyl (C=O) groups is 1. The normalized spacial score (nSPS) is 18.5. The molecule has 0 aliphatic carbocycles. The third-order valence-corrected chi connectivity index (χ3v) is 3.40. The molecule has 1 heterocycles. The average molecular weight is 266 g/mol. The first kappa shape index (κ1) is 13.8. The summed E-state index contributed by atoms with van der Waals surface area (Å²) in [5.41, 5.74) is 5.77. The van der Waals surface area contributed by atoms with E-state index in [0.717, 1.165) is 19.4 Å². The van der Waals surface area contributed by atoms with Gasteiger partial charge in [-0.2, -0.15) is 0 Å². The van der Waals surface area contributed by atoms with Gasteiger partial charge in [0.2, 0.25) is 0 Å². The summed E-state index contributed by atoms with van der Waals surface area (Å²) >= 11 is 0. The van der Waals surface area contributed by atoms with Gasteiger partial charge in [0.25, 0.3) is 5.91 Å². The predicted octanol–water partition coefficient (Wildman–Crippen LogP) is 2.05. The minimum absolute atomic E-state index is 0.0821. The number of rotatable bonds is 4. The Kier molecular flexibility index (Phi) is 4.37. The Labute approximate surface area is 112 Å². The molecule has 1 unspecified atom stereocenters. The molecule has 1 saturated heterocycles. The molecule has 0 radical (unpaired) electrons. The standard InChI is InChI=1S/C14H19FN2O2/c1-2-17(9-10-5-4-8-19-10)14(18)11-6-3-7-12(15)13(11)16/h3,6-7,10H,2,4-5,8-9,16H2,1H3. The van der Waals surface area contributed by atoms with E-state index in [2.05, 4.69) is 0 Å². The van der Waals surface area contributed by atoms with Crippen molar-refractivity contribution >= 4 is 11.6 Å². The Morgan fingerprint density at radius 2 is 2.37 bits per heavy atom. The molecule has 1 aliphatic rings. The van der Waals surface area contributed by atoms with Crippen molar-refractivity contribution in [1.82, 2.24) is 4.90 Å². The fourth-order valence-electron chi connectivity index (χ4n) is 2.28. The molecule has 5 heteroatoms. The zero-order valence-electron chi connectivity index (χ0n) is 11.1. The molecule has 0 bridgehead atoms. The van der Waals surface area contributed by atoms with Crippen LogP contribution in [-0.4, -0.2) is 36.6 Å². The van der Waals surface area contributed by atoms with Crippen LogP contribution >= 0.6 is 0 Å². The highest BCUT2D eigenvalue weighted by molar-refractivity contribution is 5.99. The van der Waals surface area contributed by atoms with Crippen LogP contribution in [-0.2, 0) is 4.74 Å². The summed E-state index contributed by atoms with van der Waals surface area (Å²) in [6.07, 6.45) is 2.07. The van der Waals surface area contributed by atoms with Crippen LogP contribution in [0.15, 0.2) is 18.2 Å². The first-order valence-electron chi connectivity index (χ1n) is 6.58. The second-order valence-corrected chi connectivity index (χ2v) is 4.68. The molecule has 1 aliphatic heterocycles. The topological polar surface area (TPSA) is 55.6 Å². The monoisotopic (exact) mass is 266 g/mol. The third-order valence-electron chi connectivity index (χ3n) is 3.40. The van der Waals surface area contributed by atoms with E-state index in [1.54, 1.807) is 11.0 Å². The van der Waals surface area contributed by atoms with Crippen molar-refractivity contribution in [1.29, 1.82) is 0 Å². The SMILES string of the molecule is CCN(CC1CCCO1)C(=O)c1cccc(F)c1N. The second kappa shape index (κ2) is 6.02. The average Bonchev–Trinajstić information content (AvgIpc) is 2.91. The molecule has 2 rings (SSSR count). The van der Waals surface area contributed by atoms with Gasteiger partial charge in [0.15, 0.2) is 0 Å². The molecular weight excluding hydrogens is 247 g/mol. The lowest BCUT2D eigenvalue weighted by Crippen LogP contribution is -2.37. The van der Waals surface area contributed by atoms with Crippen LogP contribution in [0, 0.1) is 5.82 Å². The number of hydrogen-bond donors (Lipinski definition) is 1. The van der Waals surface area contributed by atoms with Gasteiger partial charge < -0.3 is 15.4 Å². The van der Waals surface area contributed by atoms with E-state index in [1.807, 2.05) is 6.92 Å². The van der Waals surface area contributed by atoms with Gasteiger partial charge in [-0.25, -0.2) is 4.39 Å². The van der Waals surface area contributed by atoms with Crippen LogP contribution in [0.4, 0.5) is 10.1 Å². The minimum atomic E-state index is -0.556. The Bertz CT molecular complexity index is 459. The van der Waals surface area contributed by atoms with E-state index in [-0.39, 0.29) is 23.3 Å². The van der Waals surface area contributed by atoms with Crippen molar-refractivity contribution < 1.29 is 13.9 Å². The van der Waals surface area contributed by atoms with Crippen molar-refractivity contribution in [2.75, 3.05) is 25.4 Å². The minimum Gasteiger partial charge on any atom is -0.396 e. The molecule has 1 aromatic carbocycles. The van der Waals surface area contributed by atoms with Gasteiger partial charge in [0.05, 0.1) is 17.4 Å². The van der Waals surface area contributed by atoms with Crippen molar-refractivity contribution in [3.63, 3.8) is 0 Å². The maximum atomic E-state index is 13.4. The van der Waals surface area contributed by atoms with Crippen LogP contribution in [0.3, 0.4) is 0 Å². The maximum absolute atomic E-state index is 13.4. The molecule has 1 aromatic rings. The van der Waals surface area contributed by atoms with Crippen molar-refractivity contribution in [3.8, 4) is 0 Å². The zero-order valence-corrected chi connectivity index (χ0v) is 11.1. The van der Waals surface area contributed by atoms with Gasteiger partial charge in [-0.15, -0.1) is 0 Å². The number of likely N-dealkylation sites (N-methyl/N-ethyl adjacent to an activating group) is 1. The van der Waals surface area contributed by atoms with E-state index in [4.69, 9.17) is 10.5 Å². The van der Waals surface area contributed by atoms with E-state index in [0.29, 0.717) is 13.1 Å². The number of amides is 1. The molecule has 0 saturated carbocycles. The molecule has 104 valence electrons. The summed E-state index contributed by atoms with van der Waals surface area (Å²) < 4.78 is 18.9. The quantitative estimate of drug-likeness (QED) is 0.849. The highest BCUT2D eigenvalue weighted by Gasteiger charge is 2.24. The van der Waals surface area contributed by atoms with Crippen LogP contribution in [0.25, 0.3) is 0 Å². The fraction of sp³-hybridized carbons (Fsp3) is 0.500. The number of benzene rings is 1. The molecular formula is C14H19FN2O2. The summed E-state index contributed by atoms with van der Waals surface area (Å²) in [6, 6.07) is 4.31. The largest absolute Gasteiger partial charge is 0.396 e. The first-order valence-corrected chi connectivity index (χ1v) is 6.58. The molecule has 1 atom stereocenters. The van der Waals surface area contributed by atoms with E-state index in [1.165, 1.54) is 12.1 Å². The van der Waals surface area contributed by atoms with Gasteiger partial charge in [-0.1, -0.05) is 6.07 Å². The molecule has 1 amide bonds. The summed E-state index contributed by atoms with van der Waals surface area (Å²) in [7, 11) is 0. The number of nitrogen functional groups attached to an aromatic ring is 1. The first-order chi connectivity index (χ1) is 9.13. The van der Waals surface area contributed by atoms with Gasteiger partial charge in [-0.05, 0) is 31.9 Å². The smallest absolute Gasteiger partial charge is 0.256 e. The number of ether oxygens (including phenoxy) is 1. The van der Waals surface area contributed by atoms with Crippen LogP contribution < -0.4 is 5.73 Å². The summed E-state index contributed by atoms with van der Waals surface area (Å²) in [5, 5.41) is 0. The van der Waals surface area contributed by atoms with Crippen LogP contribution in [0.1, 0.15) is 30.1 Å². The van der Waals surface area contributed by atoms with Gasteiger partial charge in [-0.3, -0.25) is 4.79 Å². The van der Waals surface area contributed by atoms with E-state index < -0.39 is 5.82 Å². The van der Waals surface area contributed by atoms with Gasteiger partial charge in [0.1, 0.15) is 5.82 Å². The molecule has 0 aromatic heterocycles. The van der Waals surface area contributed by atoms with Crippen LogP contribution in [0.5, 0.6) is 0 Å². The Morgan fingerprint density at radius 3 is 3.00 bits per heavy atom. The lowest BCUT2D eigenvalue weighted by molar-refractivity contribution is 0.0539. The van der Waals surface area contributed by atoms with Crippen molar-refractivity contribution in [2.45, 2.75) is 25.9 Å². The Hall–Kier alpha value is -1.62. The maximum Gasteiger partial charge on any atom is 0.256 e. The van der Waals surface area contributed by atoms with Crippen LogP contribution in [0.2, 0.25) is 0 Å². The number of hydrogen-bond acceptors (Lipinski definition) is 3. The summed E-state index contributed by atoms with van der Waals surface area (Å²) in [4.78, 5) is 14.0. The molecule has 2 N–H and O–H groups in total. The Morgan fingerprint density at radius 1 is 1.58 bits per heavy atom. The Balaban J connectivity index is 2.13. The highest BCUT2D eigenvalue weighted by atomic mass is 19.1. The number of carbonyl (C=O) groups excluding carboxylic acids is 1. The third kappa shape index (κ3) is 3.04. The summed E-state index contributed by atoms with van der Waals surface area (Å²) in [6.45, 7) is 3.72. The lowest BCUT2D eigenvalue weighted by atomic mass is 10.1. The number of anilines is 1. The van der Waals surface area contributed by atoms with E-state index >= 15 is 0 Å². The van der Waals surface area contributed by atoms with Gasteiger partial charge in [0, 0.05) is 19.7 Å². The molecule has 4 nitrogen and oxygen atoms in total.